The van der Waals surface area contributed by atoms with E-state index in [0.717, 1.165) is 16.7 Å². The van der Waals surface area contributed by atoms with Gasteiger partial charge in [-0.25, -0.2) is 4.79 Å². The van der Waals surface area contributed by atoms with Gasteiger partial charge >= 0.3 is 5.97 Å². The standard InChI is InChI=1S/C22H25NO3/c1-14-5-6-19(11-15(14)2)21(24)13-26-22(25)10-7-18-12-16(3)23(17(18)4)20-8-9-20/h5-7,10-12,20H,8-9,13H2,1-4H3/b10-7+. The second-order valence-electron chi connectivity index (χ2n) is 7.09. The van der Waals surface area contributed by atoms with Crippen LogP contribution in [0.1, 0.15) is 57.3 Å². The molecule has 0 atom stereocenters. The van der Waals surface area contributed by atoms with Crippen LogP contribution >= 0.6 is 0 Å². The minimum absolute atomic E-state index is 0.193. The van der Waals surface area contributed by atoms with E-state index in [2.05, 4.69) is 24.5 Å². The Kier molecular flexibility index (Phi) is 5.12. The number of aryl methyl sites for hydroxylation is 3. The lowest BCUT2D eigenvalue weighted by Crippen LogP contribution is -2.12. The van der Waals surface area contributed by atoms with Gasteiger partial charge in [0.1, 0.15) is 0 Å². The van der Waals surface area contributed by atoms with E-state index in [4.69, 9.17) is 4.74 Å². The number of hydrogen-bond donors (Lipinski definition) is 0. The third kappa shape index (κ3) is 3.96. The lowest BCUT2D eigenvalue weighted by molar-refractivity contribution is -0.136. The fourth-order valence-corrected chi connectivity index (χ4v) is 3.21. The molecule has 1 aromatic heterocycles. The fraction of sp³-hybridized carbons (Fsp3) is 0.364. The molecule has 1 fully saturated rings. The van der Waals surface area contributed by atoms with Gasteiger partial charge in [-0.2, -0.15) is 0 Å². The summed E-state index contributed by atoms with van der Waals surface area (Å²) in [6.07, 6.45) is 5.61. The molecule has 3 rings (SSSR count). The van der Waals surface area contributed by atoms with Gasteiger partial charge in [0.15, 0.2) is 12.4 Å². The molecule has 1 saturated carbocycles. The number of ether oxygens (including phenoxy) is 1. The maximum Gasteiger partial charge on any atom is 0.331 e. The molecule has 136 valence electrons. The SMILES string of the molecule is Cc1ccc(C(=O)COC(=O)/C=C/c2cc(C)n(C3CC3)c2C)cc1C. The van der Waals surface area contributed by atoms with E-state index in [1.807, 2.05) is 26.0 Å². The number of nitrogens with zero attached hydrogens (tertiary/aromatic N) is 1. The number of benzene rings is 1. The van der Waals surface area contributed by atoms with E-state index < -0.39 is 5.97 Å². The molecular formula is C22H25NO3. The molecule has 0 bridgehead atoms. The second kappa shape index (κ2) is 7.32. The van der Waals surface area contributed by atoms with E-state index in [-0.39, 0.29) is 12.4 Å². The molecule has 4 nitrogen and oxygen atoms in total. The number of carbonyl (C=O) groups excluding carboxylic acids is 2. The molecule has 4 heteroatoms. The molecule has 0 amide bonds. The fourth-order valence-electron chi connectivity index (χ4n) is 3.21. The Morgan fingerprint density at radius 1 is 1.12 bits per heavy atom. The van der Waals surface area contributed by atoms with Crippen molar-refractivity contribution in [3.05, 3.63) is 64.0 Å². The van der Waals surface area contributed by atoms with Crippen LogP contribution in [0, 0.1) is 27.7 Å². The van der Waals surface area contributed by atoms with Gasteiger partial charge in [-0.3, -0.25) is 4.79 Å². The van der Waals surface area contributed by atoms with Crippen molar-refractivity contribution in [1.82, 2.24) is 4.57 Å². The first-order valence-corrected chi connectivity index (χ1v) is 9.00. The van der Waals surface area contributed by atoms with E-state index in [1.165, 1.54) is 30.3 Å². The number of aromatic nitrogens is 1. The van der Waals surface area contributed by atoms with Crippen molar-refractivity contribution in [2.75, 3.05) is 6.61 Å². The van der Waals surface area contributed by atoms with Crippen molar-refractivity contribution in [1.29, 1.82) is 0 Å². The molecule has 0 spiro atoms. The Balaban J connectivity index is 1.58. The summed E-state index contributed by atoms with van der Waals surface area (Å²) in [5.41, 5.74) is 6.14. The molecule has 1 aliphatic rings. The highest BCUT2D eigenvalue weighted by molar-refractivity contribution is 5.99. The van der Waals surface area contributed by atoms with Crippen LogP contribution in [0.5, 0.6) is 0 Å². The minimum Gasteiger partial charge on any atom is -0.454 e. The zero-order valence-electron chi connectivity index (χ0n) is 15.8. The van der Waals surface area contributed by atoms with Gasteiger partial charge in [-0.05, 0) is 75.4 Å². The molecule has 1 aliphatic carbocycles. The third-order valence-corrected chi connectivity index (χ3v) is 5.01. The van der Waals surface area contributed by atoms with Crippen LogP contribution in [0.4, 0.5) is 0 Å². The van der Waals surface area contributed by atoms with Crippen LogP contribution in [0.25, 0.3) is 6.08 Å². The summed E-state index contributed by atoms with van der Waals surface area (Å²) in [7, 11) is 0. The van der Waals surface area contributed by atoms with Gasteiger partial charge in [0.25, 0.3) is 0 Å². The minimum atomic E-state index is -0.501. The predicted octanol–water partition coefficient (Wildman–Crippen LogP) is 4.50. The maximum absolute atomic E-state index is 12.2. The van der Waals surface area contributed by atoms with Gasteiger partial charge in [0.2, 0.25) is 0 Å². The van der Waals surface area contributed by atoms with Crippen molar-refractivity contribution in [2.45, 2.75) is 46.6 Å². The summed E-state index contributed by atoms with van der Waals surface area (Å²) >= 11 is 0. The van der Waals surface area contributed by atoms with Crippen molar-refractivity contribution in [3.8, 4) is 0 Å². The zero-order valence-corrected chi connectivity index (χ0v) is 15.8. The largest absolute Gasteiger partial charge is 0.454 e. The van der Waals surface area contributed by atoms with Gasteiger partial charge in [0.05, 0.1) is 0 Å². The Hall–Kier alpha value is -2.62. The van der Waals surface area contributed by atoms with Crippen LogP contribution in [-0.4, -0.2) is 22.9 Å². The average molecular weight is 351 g/mol. The lowest BCUT2D eigenvalue weighted by Gasteiger charge is -2.06. The molecule has 1 aromatic carbocycles. The summed E-state index contributed by atoms with van der Waals surface area (Å²) in [5.74, 6) is -0.694. The van der Waals surface area contributed by atoms with Crippen molar-refractivity contribution >= 4 is 17.8 Å². The van der Waals surface area contributed by atoms with Gasteiger partial charge in [-0.1, -0.05) is 12.1 Å². The molecule has 0 radical (unpaired) electrons. The van der Waals surface area contributed by atoms with Crippen molar-refractivity contribution in [3.63, 3.8) is 0 Å². The second-order valence-corrected chi connectivity index (χ2v) is 7.09. The molecule has 1 heterocycles. The summed E-state index contributed by atoms with van der Waals surface area (Å²) in [5, 5.41) is 0. The summed E-state index contributed by atoms with van der Waals surface area (Å²) < 4.78 is 7.43. The highest BCUT2D eigenvalue weighted by Gasteiger charge is 2.26. The Bertz CT molecular complexity index is 885. The van der Waals surface area contributed by atoms with E-state index in [1.54, 1.807) is 12.1 Å². The average Bonchev–Trinajstić information content (AvgIpc) is 3.39. The number of hydrogen-bond acceptors (Lipinski definition) is 3. The highest BCUT2D eigenvalue weighted by atomic mass is 16.5. The first kappa shape index (κ1) is 18.2. The summed E-state index contributed by atoms with van der Waals surface area (Å²) in [6.45, 7) is 7.86. The smallest absolute Gasteiger partial charge is 0.331 e. The van der Waals surface area contributed by atoms with Crippen molar-refractivity contribution < 1.29 is 14.3 Å². The topological polar surface area (TPSA) is 48.3 Å². The van der Waals surface area contributed by atoms with Gasteiger partial charge in [0, 0.05) is 29.1 Å². The summed E-state index contributed by atoms with van der Waals surface area (Å²) in [4.78, 5) is 24.1. The predicted molar refractivity (Wildman–Crippen MR) is 102 cm³/mol. The highest BCUT2D eigenvalue weighted by Crippen LogP contribution is 2.38. The maximum atomic E-state index is 12.2. The first-order valence-electron chi connectivity index (χ1n) is 9.00. The van der Waals surface area contributed by atoms with Gasteiger partial charge in [-0.15, -0.1) is 0 Å². The lowest BCUT2D eigenvalue weighted by atomic mass is 10.0. The molecule has 26 heavy (non-hydrogen) atoms. The molecule has 0 aliphatic heterocycles. The van der Waals surface area contributed by atoms with Crippen LogP contribution in [-0.2, 0) is 9.53 Å². The number of esters is 1. The Labute approximate surface area is 154 Å². The van der Waals surface area contributed by atoms with E-state index in [0.29, 0.717) is 11.6 Å². The summed E-state index contributed by atoms with van der Waals surface area (Å²) in [6, 6.07) is 8.19. The normalized spacial score (nSPS) is 14.0. The molecule has 0 N–H and O–H groups in total. The monoisotopic (exact) mass is 351 g/mol. The third-order valence-electron chi connectivity index (χ3n) is 5.01. The number of ketones is 1. The van der Waals surface area contributed by atoms with E-state index >= 15 is 0 Å². The first-order chi connectivity index (χ1) is 12.4. The number of Topliss-reactive ketones (excluding diaryl/α,β-unsaturated/α-hetero) is 1. The molecular weight excluding hydrogens is 326 g/mol. The molecule has 2 aromatic rings. The number of carbonyl (C=O) groups is 2. The van der Waals surface area contributed by atoms with Crippen LogP contribution in [0.2, 0.25) is 0 Å². The quantitative estimate of drug-likeness (QED) is 0.437. The number of rotatable bonds is 6. The molecule has 0 unspecified atom stereocenters. The Morgan fingerprint density at radius 3 is 2.50 bits per heavy atom. The van der Waals surface area contributed by atoms with Gasteiger partial charge < -0.3 is 9.30 Å². The zero-order chi connectivity index (χ0) is 18.8. The van der Waals surface area contributed by atoms with Crippen molar-refractivity contribution in [2.24, 2.45) is 0 Å². The Morgan fingerprint density at radius 2 is 1.85 bits per heavy atom. The van der Waals surface area contributed by atoms with Crippen LogP contribution in [0.15, 0.2) is 30.3 Å². The molecule has 0 saturated heterocycles. The van der Waals surface area contributed by atoms with Crippen LogP contribution in [0.3, 0.4) is 0 Å². The van der Waals surface area contributed by atoms with Crippen LogP contribution < -0.4 is 0 Å². The van der Waals surface area contributed by atoms with E-state index in [9.17, 15) is 9.59 Å².